The third kappa shape index (κ3) is 3.71. The highest BCUT2D eigenvalue weighted by molar-refractivity contribution is 7.90. The molecule has 3 rings (SSSR count). The van der Waals surface area contributed by atoms with Crippen LogP contribution in [0.15, 0.2) is 24.8 Å². The van der Waals surface area contributed by atoms with Crippen LogP contribution in [-0.2, 0) is 9.84 Å². The van der Waals surface area contributed by atoms with Crippen molar-refractivity contribution in [3.63, 3.8) is 0 Å². The normalized spacial score (nSPS) is 22.6. The summed E-state index contributed by atoms with van der Waals surface area (Å²) in [5, 5.41) is 4.39. The van der Waals surface area contributed by atoms with Gasteiger partial charge < -0.3 is 5.32 Å². The van der Waals surface area contributed by atoms with Gasteiger partial charge in [-0.1, -0.05) is 0 Å². The van der Waals surface area contributed by atoms with Gasteiger partial charge >= 0.3 is 0 Å². The Balaban J connectivity index is 1.65. The molecule has 22 heavy (non-hydrogen) atoms. The third-order valence-corrected chi connectivity index (χ3v) is 5.24. The van der Waals surface area contributed by atoms with Crippen molar-refractivity contribution in [1.82, 2.24) is 15.0 Å². The summed E-state index contributed by atoms with van der Waals surface area (Å²) in [6.07, 6.45) is 10.2. The molecule has 0 aliphatic heterocycles. The van der Waals surface area contributed by atoms with Crippen LogP contribution in [0.3, 0.4) is 0 Å². The van der Waals surface area contributed by atoms with E-state index in [0.29, 0.717) is 11.8 Å². The van der Waals surface area contributed by atoms with E-state index < -0.39 is 9.84 Å². The monoisotopic (exact) mass is 320 g/mol. The van der Waals surface area contributed by atoms with Gasteiger partial charge in [0.05, 0.1) is 16.7 Å². The first-order chi connectivity index (χ1) is 10.5. The molecule has 1 aliphatic carbocycles. The van der Waals surface area contributed by atoms with Crippen LogP contribution in [0, 0.1) is 5.92 Å². The number of fused-ring (bicyclic) bond motifs is 1. The van der Waals surface area contributed by atoms with Gasteiger partial charge in [-0.2, -0.15) is 0 Å². The summed E-state index contributed by atoms with van der Waals surface area (Å²) in [4.78, 5) is 12.7. The van der Waals surface area contributed by atoms with Crippen molar-refractivity contribution in [3.8, 4) is 0 Å². The molecule has 7 heteroatoms. The van der Waals surface area contributed by atoms with Crippen molar-refractivity contribution in [2.45, 2.75) is 31.7 Å². The average Bonchev–Trinajstić information content (AvgIpc) is 2.48. The smallest absolute Gasteiger partial charge is 0.147 e. The lowest BCUT2D eigenvalue weighted by Gasteiger charge is -2.29. The number of hydrogen-bond acceptors (Lipinski definition) is 6. The number of rotatable bonds is 4. The molecular weight excluding hydrogens is 300 g/mol. The van der Waals surface area contributed by atoms with E-state index in [-0.39, 0.29) is 5.92 Å². The van der Waals surface area contributed by atoms with Crippen molar-refractivity contribution in [3.05, 3.63) is 24.8 Å². The molecule has 6 nitrogen and oxygen atoms in total. The average molecular weight is 320 g/mol. The van der Waals surface area contributed by atoms with Crippen LogP contribution < -0.4 is 5.32 Å². The lowest BCUT2D eigenvalue weighted by Crippen LogP contribution is -2.29. The van der Waals surface area contributed by atoms with Gasteiger partial charge in [-0.15, -0.1) is 0 Å². The third-order valence-electron chi connectivity index (χ3n) is 4.16. The lowest BCUT2D eigenvalue weighted by molar-refractivity contribution is 0.361. The van der Waals surface area contributed by atoms with Crippen LogP contribution in [0.4, 0.5) is 5.82 Å². The van der Waals surface area contributed by atoms with Gasteiger partial charge in [0.1, 0.15) is 22.0 Å². The molecule has 0 bridgehead atoms. The maximum Gasteiger partial charge on any atom is 0.147 e. The minimum absolute atomic E-state index is 0.289. The summed E-state index contributed by atoms with van der Waals surface area (Å²) in [6.45, 7) is 0. The topological polar surface area (TPSA) is 84.8 Å². The van der Waals surface area contributed by atoms with Crippen LogP contribution in [0.2, 0.25) is 0 Å². The molecule has 2 heterocycles. The lowest BCUT2D eigenvalue weighted by atomic mass is 9.87. The Morgan fingerprint density at radius 2 is 2.00 bits per heavy atom. The van der Waals surface area contributed by atoms with Gasteiger partial charge in [-0.25, -0.2) is 18.4 Å². The fourth-order valence-electron chi connectivity index (χ4n) is 3.11. The number of hydrogen-bond donors (Lipinski definition) is 1. The Kier molecular flexibility index (Phi) is 4.24. The SMILES string of the molecule is CS(=O)(=O)CC1CCC(Nc2ncnc3ccncc23)CC1. The Hall–Kier alpha value is -1.76. The van der Waals surface area contributed by atoms with Crippen LogP contribution in [0.25, 0.3) is 10.9 Å². The zero-order valence-corrected chi connectivity index (χ0v) is 13.4. The first-order valence-electron chi connectivity index (χ1n) is 7.50. The van der Waals surface area contributed by atoms with E-state index in [1.807, 2.05) is 6.07 Å². The molecule has 1 aliphatic rings. The van der Waals surface area contributed by atoms with E-state index in [4.69, 9.17) is 0 Å². The molecule has 1 fully saturated rings. The van der Waals surface area contributed by atoms with Crippen molar-refractivity contribution in [1.29, 1.82) is 0 Å². The maximum absolute atomic E-state index is 11.4. The molecule has 2 aromatic rings. The molecule has 1 saturated carbocycles. The number of sulfone groups is 1. The van der Waals surface area contributed by atoms with E-state index in [0.717, 1.165) is 42.4 Å². The predicted molar refractivity (Wildman–Crippen MR) is 86.4 cm³/mol. The number of aromatic nitrogens is 3. The van der Waals surface area contributed by atoms with Gasteiger partial charge in [0.25, 0.3) is 0 Å². The maximum atomic E-state index is 11.4. The minimum atomic E-state index is -2.88. The fraction of sp³-hybridized carbons (Fsp3) is 0.533. The van der Waals surface area contributed by atoms with Crippen LogP contribution >= 0.6 is 0 Å². The van der Waals surface area contributed by atoms with E-state index >= 15 is 0 Å². The predicted octanol–water partition coefficient (Wildman–Crippen LogP) is 2.04. The quantitative estimate of drug-likeness (QED) is 0.928. The number of nitrogens with one attached hydrogen (secondary N) is 1. The summed E-state index contributed by atoms with van der Waals surface area (Å²) < 4.78 is 22.8. The first-order valence-corrected chi connectivity index (χ1v) is 9.56. The molecule has 0 spiro atoms. The highest BCUT2D eigenvalue weighted by Gasteiger charge is 2.24. The summed E-state index contributed by atoms with van der Waals surface area (Å²) in [5.41, 5.74) is 0.873. The number of pyridine rings is 1. The molecular formula is C15H20N4O2S. The Bertz CT molecular complexity index is 750. The summed E-state index contributed by atoms with van der Waals surface area (Å²) in [5.74, 6) is 1.40. The Morgan fingerprint density at radius 1 is 1.23 bits per heavy atom. The Labute approximate surface area is 130 Å². The Morgan fingerprint density at radius 3 is 2.73 bits per heavy atom. The zero-order valence-electron chi connectivity index (χ0n) is 12.6. The van der Waals surface area contributed by atoms with Gasteiger partial charge in [0.2, 0.25) is 0 Å². The minimum Gasteiger partial charge on any atom is -0.367 e. The second-order valence-corrected chi connectivity index (χ2v) is 8.25. The van der Waals surface area contributed by atoms with Crippen molar-refractivity contribution in [2.75, 3.05) is 17.3 Å². The summed E-state index contributed by atoms with van der Waals surface area (Å²) >= 11 is 0. The van der Waals surface area contributed by atoms with Crippen LogP contribution in [-0.4, -0.2) is 41.4 Å². The molecule has 0 atom stereocenters. The first kappa shape index (κ1) is 15.1. The molecule has 2 aromatic heterocycles. The van der Waals surface area contributed by atoms with Crippen molar-refractivity contribution >= 4 is 26.6 Å². The van der Waals surface area contributed by atoms with Crippen molar-refractivity contribution in [2.24, 2.45) is 5.92 Å². The van der Waals surface area contributed by atoms with E-state index in [1.165, 1.54) is 6.26 Å². The van der Waals surface area contributed by atoms with E-state index in [1.54, 1.807) is 18.7 Å². The van der Waals surface area contributed by atoms with Gasteiger partial charge in [-0.05, 0) is 37.7 Å². The fourth-order valence-corrected chi connectivity index (χ4v) is 4.30. The molecule has 0 radical (unpaired) electrons. The summed E-state index contributed by atoms with van der Waals surface area (Å²) in [7, 11) is -2.88. The second-order valence-electron chi connectivity index (χ2n) is 6.07. The molecule has 118 valence electrons. The van der Waals surface area contributed by atoms with E-state index in [9.17, 15) is 8.42 Å². The van der Waals surface area contributed by atoms with Gasteiger partial charge in [-0.3, -0.25) is 4.98 Å². The molecule has 0 unspecified atom stereocenters. The molecule has 0 saturated heterocycles. The number of anilines is 1. The number of nitrogens with zero attached hydrogens (tertiary/aromatic N) is 3. The van der Waals surface area contributed by atoms with E-state index in [2.05, 4.69) is 20.3 Å². The zero-order chi connectivity index (χ0) is 15.6. The second kappa shape index (κ2) is 6.16. The standard InChI is InChI=1S/C15H20N4O2S/c1-22(20,21)9-11-2-4-12(5-3-11)19-15-13-8-16-7-6-14(13)17-10-18-15/h6-8,10-12H,2-5,9H2,1H3,(H,17,18,19). The van der Waals surface area contributed by atoms with Gasteiger partial charge in [0.15, 0.2) is 0 Å². The molecule has 1 N–H and O–H groups in total. The summed E-state index contributed by atoms with van der Waals surface area (Å²) in [6, 6.07) is 2.19. The molecule has 0 amide bonds. The van der Waals surface area contributed by atoms with Crippen LogP contribution in [0.5, 0.6) is 0 Å². The molecule has 0 aromatic carbocycles. The van der Waals surface area contributed by atoms with Crippen molar-refractivity contribution < 1.29 is 8.42 Å². The highest BCUT2D eigenvalue weighted by atomic mass is 32.2. The van der Waals surface area contributed by atoms with Gasteiger partial charge in [0, 0.05) is 24.7 Å². The largest absolute Gasteiger partial charge is 0.367 e. The highest BCUT2D eigenvalue weighted by Crippen LogP contribution is 2.28. The van der Waals surface area contributed by atoms with Crippen LogP contribution in [0.1, 0.15) is 25.7 Å².